The Bertz CT molecular complexity index is 694. The minimum absolute atomic E-state index is 0.198. The maximum atomic E-state index is 12.7. The van der Waals surface area contributed by atoms with Gasteiger partial charge in [0.2, 0.25) is 0 Å². The highest BCUT2D eigenvalue weighted by molar-refractivity contribution is 7.92. The van der Waals surface area contributed by atoms with Crippen molar-refractivity contribution in [3.63, 3.8) is 0 Å². The zero-order valence-corrected chi connectivity index (χ0v) is 12.6. The first-order valence-corrected chi connectivity index (χ1v) is 7.86. The largest absolute Gasteiger partial charge is 0.497 e. The number of benzene rings is 2. The molecule has 0 heterocycles. The summed E-state index contributed by atoms with van der Waals surface area (Å²) in [6, 6.07) is 15.2. The van der Waals surface area contributed by atoms with Crippen LogP contribution in [0.25, 0.3) is 0 Å². The first-order valence-electron chi connectivity index (χ1n) is 6.42. The lowest BCUT2D eigenvalue weighted by molar-refractivity contribution is 0.415. The van der Waals surface area contributed by atoms with Crippen LogP contribution >= 0.6 is 0 Å². The zero-order chi connectivity index (χ0) is 15.3. The Morgan fingerprint density at radius 1 is 1.10 bits per heavy atom. The van der Waals surface area contributed by atoms with Crippen LogP contribution in [0.1, 0.15) is 0 Å². The molecule has 0 amide bonds. The van der Waals surface area contributed by atoms with E-state index in [1.54, 1.807) is 67.8 Å². The van der Waals surface area contributed by atoms with E-state index in [1.165, 1.54) is 4.31 Å². The summed E-state index contributed by atoms with van der Waals surface area (Å²) in [6.07, 6.45) is 1.56. The molecule has 0 radical (unpaired) electrons. The quantitative estimate of drug-likeness (QED) is 0.770. The Hall–Kier alpha value is -2.27. The fourth-order valence-electron chi connectivity index (χ4n) is 1.93. The highest BCUT2D eigenvalue weighted by Crippen LogP contribution is 2.25. The van der Waals surface area contributed by atoms with Crippen LogP contribution in [0.5, 0.6) is 5.75 Å². The van der Waals surface area contributed by atoms with Crippen LogP contribution < -0.4 is 9.04 Å². The molecule has 0 unspecified atom stereocenters. The highest BCUT2D eigenvalue weighted by Gasteiger charge is 2.23. The molecule has 0 fully saturated rings. The molecule has 0 saturated carbocycles. The molecule has 0 N–H and O–H groups in total. The number of sulfonamides is 1. The van der Waals surface area contributed by atoms with Gasteiger partial charge in [-0.05, 0) is 36.4 Å². The normalized spacial score (nSPS) is 10.9. The van der Waals surface area contributed by atoms with Crippen molar-refractivity contribution in [2.45, 2.75) is 4.90 Å². The van der Waals surface area contributed by atoms with Crippen molar-refractivity contribution in [3.8, 4) is 5.75 Å². The van der Waals surface area contributed by atoms with Crippen LogP contribution in [0.3, 0.4) is 0 Å². The third kappa shape index (κ3) is 3.25. The summed E-state index contributed by atoms with van der Waals surface area (Å²) in [4.78, 5) is 0.252. The Balaban J connectivity index is 2.44. The van der Waals surface area contributed by atoms with Crippen LogP contribution in [0, 0.1) is 0 Å². The topological polar surface area (TPSA) is 46.6 Å². The van der Waals surface area contributed by atoms with Crippen molar-refractivity contribution >= 4 is 15.7 Å². The van der Waals surface area contributed by atoms with Gasteiger partial charge in [0.25, 0.3) is 10.0 Å². The lowest BCUT2D eigenvalue weighted by Crippen LogP contribution is -2.31. The van der Waals surface area contributed by atoms with Crippen LogP contribution in [0.2, 0.25) is 0 Å². The first kappa shape index (κ1) is 15.1. The average molecular weight is 303 g/mol. The monoisotopic (exact) mass is 303 g/mol. The van der Waals surface area contributed by atoms with Crippen LogP contribution in [-0.2, 0) is 10.0 Å². The van der Waals surface area contributed by atoms with E-state index < -0.39 is 10.0 Å². The van der Waals surface area contributed by atoms with Gasteiger partial charge < -0.3 is 4.74 Å². The molecule has 0 spiro atoms. The second-order valence-corrected chi connectivity index (χ2v) is 6.20. The van der Waals surface area contributed by atoms with Crippen molar-refractivity contribution in [1.82, 2.24) is 0 Å². The minimum atomic E-state index is -3.61. The minimum Gasteiger partial charge on any atom is -0.497 e. The molecule has 0 atom stereocenters. The van der Waals surface area contributed by atoms with Gasteiger partial charge >= 0.3 is 0 Å². The van der Waals surface area contributed by atoms with E-state index in [2.05, 4.69) is 6.58 Å². The predicted molar refractivity (Wildman–Crippen MR) is 84.2 cm³/mol. The van der Waals surface area contributed by atoms with Gasteiger partial charge in [-0.15, -0.1) is 6.58 Å². The van der Waals surface area contributed by atoms with Gasteiger partial charge in [0.05, 0.1) is 24.2 Å². The smallest absolute Gasteiger partial charge is 0.264 e. The zero-order valence-electron chi connectivity index (χ0n) is 11.8. The van der Waals surface area contributed by atoms with Crippen molar-refractivity contribution in [2.75, 3.05) is 18.0 Å². The number of ether oxygens (including phenoxy) is 1. The van der Waals surface area contributed by atoms with E-state index >= 15 is 0 Å². The second-order valence-electron chi connectivity index (χ2n) is 4.34. The Labute approximate surface area is 125 Å². The molecule has 0 aromatic heterocycles. The molecular formula is C16H17NO3S. The Morgan fingerprint density at radius 2 is 1.71 bits per heavy atom. The summed E-state index contributed by atoms with van der Waals surface area (Å²) in [6.45, 7) is 3.83. The third-order valence-corrected chi connectivity index (χ3v) is 4.79. The fraction of sp³-hybridized carbons (Fsp3) is 0.125. The first-order chi connectivity index (χ1) is 10.1. The molecule has 0 aliphatic heterocycles. The number of rotatable bonds is 6. The summed E-state index contributed by atoms with van der Waals surface area (Å²) >= 11 is 0. The lowest BCUT2D eigenvalue weighted by Gasteiger charge is -2.23. The molecule has 0 saturated heterocycles. The van der Waals surface area contributed by atoms with Gasteiger partial charge in [0, 0.05) is 0 Å². The van der Waals surface area contributed by atoms with Crippen molar-refractivity contribution in [1.29, 1.82) is 0 Å². The maximum absolute atomic E-state index is 12.7. The number of nitrogens with zero attached hydrogens (tertiary/aromatic N) is 1. The standard InChI is InChI=1S/C16H17NO3S/c1-3-13-17(14-9-11-15(20-2)12-10-14)21(18,19)16-7-5-4-6-8-16/h3-12H,1,13H2,2H3. The van der Waals surface area contributed by atoms with E-state index in [9.17, 15) is 8.42 Å². The molecule has 5 heteroatoms. The number of methoxy groups -OCH3 is 1. The van der Waals surface area contributed by atoms with Crippen molar-refractivity contribution < 1.29 is 13.2 Å². The van der Waals surface area contributed by atoms with Crippen molar-refractivity contribution in [3.05, 3.63) is 67.3 Å². The van der Waals surface area contributed by atoms with Gasteiger partial charge in [0.1, 0.15) is 5.75 Å². The van der Waals surface area contributed by atoms with Crippen LogP contribution in [-0.4, -0.2) is 22.1 Å². The summed E-state index contributed by atoms with van der Waals surface area (Å²) < 4.78 is 31.9. The Kier molecular flexibility index (Phi) is 4.65. The van der Waals surface area contributed by atoms with Gasteiger partial charge in [0.15, 0.2) is 0 Å². The van der Waals surface area contributed by atoms with Gasteiger partial charge in [-0.25, -0.2) is 8.42 Å². The molecule has 0 bridgehead atoms. The molecule has 0 aliphatic carbocycles. The van der Waals surface area contributed by atoms with E-state index in [0.29, 0.717) is 11.4 Å². The van der Waals surface area contributed by atoms with Gasteiger partial charge in [-0.3, -0.25) is 4.31 Å². The molecule has 4 nitrogen and oxygen atoms in total. The average Bonchev–Trinajstić information content (AvgIpc) is 2.53. The molecule has 2 aromatic carbocycles. The van der Waals surface area contributed by atoms with E-state index in [-0.39, 0.29) is 11.4 Å². The van der Waals surface area contributed by atoms with E-state index in [4.69, 9.17) is 4.74 Å². The summed E-state index contributed by atoms with van der Waals surface area (Å²) in [5, 5.41) is 0. The molecule has 2 rings (SSSR count). The molecule has 0 aliphatic rings. The molecular weight excluding hydrogens is 286 g/mol. The fourth-order valence-corrected chi connectivity index (χ4v) is 3.38. The number of hydrogen-bond donors (Lipinski definition) is 0. The van der Waals surface area contributed by atoms with E-state index in [0.717, 1.165) is 0 Å². The van der Waals surface area contributed by atoms with Gasteiger partial charge in [-0.2, -0.15) is 0 Å². The van der Waals surface area contributed by atoms with Crippen LogP contribution in [0.4, 0.5) is 5.69 Å². The third-order valence-electron chi connectivity index (χ3n) is 2.99. The predicted octanol–water partition coefficient (Wildman–Crippen LogP) is 3.08. The second kappa shape index (κ2) is 6.45. The molecule has 110 valence electrons. The summed E-state index contributed by atoms with van der Waals surface area (Å²) in [5.74, 6) is 0.675. The summed E-state index contributed by atoms with van der Waals surface area (Å²) in [7, 11) is -2.05. The highest BCUT2D eigenvalue weighted by atomic mass is 32.2. The van der Waals surface area contributed by atoms with Crippen molar-refractivity contribution in [2.24, 2.45) is 0 Å². The number of anilines is 1. The van der Waals surface area contributed by atoms with E-state index in [1.807, 2.05) is 0 Å². The van der Waals surface area contributed by atoms with Gasteiger partial charge in [-0.1, -0.05) is 24.3 Å². The summed E-state index contributed by atoms with van der Waals surface area (Å²) in [5.41, 5.74) is 0.569. The lowest BCUT2D eigenvalue weighted by atomic mass is 10.3. The maximum Gasteiger partial charge on any atom is 0.264 e. The SMILES string of the molecule is C=CCN(c1ccc(OC)cc1)S(=O)(=O)c1ccccc1. The van der Waals surface area contributed by atoms with Crippen LogP contribution in [0.15, 0.2) is 72.1 Å². The molecule has 2 aromatic rings. The Morgan fingerprint density at radius 3 is 2.24 bits per heavy atom. The number of hydrogen-bond acceptors (Lipinski definition) is 3. The molecule has 21 heavy (non-hydrogen) atoms.